The number of rotatable bonds is 5. The summed E-state index contributed by atoms with van der Waals surface area (Å²) in [5.74, 6) is 0.585. The highest BCUT2D eigenvalue weighted by Gasteiger charge is 2.16. The maximum Gasteiger partial charge on any atom is 0.253 e. The van der Waals surface area contributed by atoms with E-state index in [-0.39, 0.29) is 18.1 Å². The Kier molecular flexibility index (Phi) is 4.49. The minimum atomic E-state index is 0.247. The van der Waals surface area contributed by atoms with E-state index in [2.05, 4.69) is 5.10 Å². The monoisotopic (exact) mass is 290 g/mol. The number of anilines is 1. The zero-order valence-corrected chi connectivity index (χ0v) is 11.9. The van der Waals surface area contributed by atoms with Gasteiger partial charge in [-0.3, -0.25) is 0 Å². The number of nitrogens with two attached hydrogens (primary N) is 1. The van der Waals surface area contributed by atoms with Crippen LogP contribution in [-0.2, 0) is 13.2 Å². The van der Waals surface area contributed by atoms with Gasteiger partial charge in [0.25, 0.3) is 5.88 Å². The molecular formula is C14H15ClN4O. The van der Waals surface area contributed by atoms with Crippen LogP contribution in [0.4, 0.5) is 5.82 Å². The molecule has 0 amide bonds. The van der Waals surface area contributed by atoms with Crippen molar-refractivity contribution in [3.8, 4) is 11.9 Å². The average molecular weight is 291 g/mol. The van der Waals surface area contributed by atoms with E-state index in [1.807, 2.05) is 31.2 Å². The second kappa shape index (κ2) is 6.31. The molecule has 0 atom stereocenters. The second-order valence-corrected chi connectivity index (χ2v) is 4.69. The third kappa shape index (κ3) is 2.86. The molecule has 5 nitrogen and oxygen atoms in total. The van der Waals surface area contributed by atoms with Crippen LogP contribution in [0.5, 0.6) is 5.88 Å². The van der Waals surface area contributed by atoms with Gasteiger partial charge in [-0.05, 0) is 12.5 Å². The Bertz CT molecular complexity index is 645. The lowest BCUT2D eigenvalue weighted by Gasteiger charge is -2.05. The van der Waals surface area contributed by atoms with Crippen molar-refractivity contribution in [3.63, 3.8) is 0 Å². The number of benzene rings is 1. The van der Waals surface area contributed by atoms with E-state index in [4.69, 9.17) is 27.3 Å². The summed E-state index contributed by atoms with van der Waals surface area (Å²) in [5, 5.41) is 14.0. The molecule has 6 heteroatoms. The molecule has 0 fully saturated rings. The van der Waals surface area contributed by atoms with Crippen LogP contribution >= 0.6 is 11.6 Å². The smallest absolute Gasteiger partial charge is 0.253 e. The zero-order chi connectivity index (χ0) is 14.5. The quantitative estimate of drug-likeness (QED) is 0.918. The Hall–Kier alpha value is -2.19. The molecule has 0 aliphatic rings. The summed E-state index contributed by atoms with van der Waals surface area (Å²) in [5.41, 5.74) is 6.98. The maximum atomic E-state index is 9.14. The van der Waals surface area contributed by atoms with Crippen LogP contribution in [0, 0.1) is 11.3 Å². The molecule has 0 spiro atoms. The summed E-state index contributed by atoms with van der Waals surface area (Å²) in [7, 11) is 0. The van der Waals surface area contributed by atoms with Crippen LogP contribution in [0.2, 0.25) is 5.02 Å². The van der Waals surface area contributed by atoms with Gasteiger partial charge in [-0.1, -0.05) is 36.7 Å². The van der Waals surface area contributed by atoms with Gasteiger partial charge in [-0.15, -0.1) is 5.10 Å². The lowest BCUT2D eigenvalue weighted by atomic mass is 10.2. The number of aryl methyl sites for hydroxylation is 1. The van der Waals surface area contributed by atoms with E-state index >= 15 is 0 Å². The SMILES string of the molecule is CCCn1nc(OCc2ccccc2Cl)c(C#N)c1N. The molecule has 1 aromatic carbocycles. The van der Waals surface area contributed by atoms with Crippen LogP contribution in [0.1, 0.15) is 24.5 Å². The first-order valence-corrected chi connectivity index (χ1v) is 6.67. The van der Waals surface area contributed by atoms with E-state index in [0.717, 1.165) is 12.0 Å². The van der Waals surface area contributed by atoms with Crippen molar-refractivity contribution in [2.45, 2.75) is 26.5 Å². The van der Waals surface area contributed by atoms with E-state index in [1.54, 1.807) is 10.7 Å². The van der Waals surface area contributed by atoms with Crippen LogP contribution in [-0.4, -0.2) is 9.78 Å². The number of hydrogen-bond donors (Lipinski definition) is 1. The number of nitriles is 1. The second-order valence-electron chi connectivity index (χ2n) is 4.28. The summed E-state index contributed by atoms with van der Waals surface area (Å²) >= 11 is 6.06. The minimum absolute atomic E-state index is 0.247. The molecule has 2 rings (SSSR count). The molecule has 0 aliphatic carbocycles. The molecule has 0 radical (unpaired) electrons. The van der Waals surface area contributed by atoms with Crippen molar-refractivity contribution >= 4 is 17.4 Å². The molecule has 104 valence electrons. The summed E-state index contributed by atoms with van der Waals surface area (Å²) in [4.78, 5) is 0. The van der Waals surface area contributed by atoms with Gasteiger partial charge in [-0.2, -0.15) is 5.26 Å². The lowest BCUT2D eigenvalue weighted by molar-refractivity contribution is 0.288. The van der Waals surface area contributed by atoms with E-state index in [1.165, 1.54) is 0 Å². The number of ether oxygens (including phenoxy) is 1. The number of halogens is 1. The highest BCUT2D eigenvalue weighted by Crippen LogP contribution is 2.25. The van der Waals surface area contributed by atoms with Crippen molar-refractivity contribution in [3.05, 3.63) is 40.4 Å². The van der Waals surface area contributed by atoms with Crippen molar-refractivity contribution in [1.29, 1.82) is 5.26 Å². The topological polar surface area (TPSA) is 76.9 Å². The molecule has 0 saturated carbocycles. The van der Waals surface area contributed by atoms with Crippen molar-refractivity contribution in [2.75, 3.05) is 5.73 Å². The standard InChI is InChI=1S/C14H15ClN4O/c1-2-7-19-13(17)11(8-16)14(18-19)20-9-10-5-3-4-6-12(10)15/h3-6H,2,7,9,17H2,1H3. The third-order valence-electron chi connectivity index (χ3n) is 2.83. The zero-order valence-electron chi connectivity index (χ0n) is 11.1. The maximum absolute atomic E-state index is 9.14. The third-order valence-corrected chi connectivity index (χ3v) is 3.20. The molecule has 0 saturated heterocycles. The fraction of sp³-hybridized carbons (Fsp3) is 0.286. The van der Waals surface area contributed by atoms with Crippen LogP contribution in [0.3, 0.4) is 0 Å². The molecule has 1 aromatic heterocycles. The van der Waals surface area contributed by atoms with Crippen molar-refractivity contribution in [2.24, 2.45) is 0 Å². The first-order chi connectivity index (χ1) is 9.67. The van der Waals surface area contributed by atoms with Gasteiger partial charge in [0.05, 0.1) is 0 Å². The molecule has 2 aromatic rings. The van der Waals surface area contributed by atoms with E-state index < -0.39 is 0 Å². The average Bonchev–Trinajstić information content (AvgIpc) is 2.74. The normalized spacial score (nSPS) is 10.2. The predicted octanol–water partition coefficient (Wildman–Crippen LogP) is 2.98. The predicted molar refractivity (Wildman–Crippen MR) is 77.4 cm³/mol. The fourth-order valence-corrected chi connectivity index (χ4v) is 1.99. The highest BCUT2D eigenvalue weighted by atomic mass is 35.5. The number of hydrogen-bond acceptors (Lipinski definition) is 4. The first kappa shape index (κ1) is 14.2. The molecule has 0 aliphatic heterocycles. The van der Waals surface area contributed by atoms with Crippen molar-refractivity contribution < 1.29 is 4.74 Å². The lowest BCUT2D eigenvalue weighted by Crippen LogP contribution is -2.04. The van der Waals surface area contributed by atoms with Gasteiger partial charge >= 0.3 is 0 Å². The van der Waals surface area contributed by atoms with Gasteiger partial charge in [0.2, 0.25) is 0 Å². The Morgan fingerprint density at radius 2 is 2.20 bits per heavy atom. The summed E-state index contributed by atoms with van der Waals surface area (Å²) in [6, 6.07) is 9.40. The van der Waals surface area contributed by atoms with Crippen LogP contribution in [0.15, 0.2) is 24.3 Å². The van der Waals surface area contributed by atoms with Gasteiger partial charge < -0.3 is 10.5 Å². The van der Waals surface area contributed by atoms with Gasteiger partial charge in [-0.25, -0.2) is 4.68 Å². The molecule has 0 unspecified atom stereocenters. The van der Waals surface area contributed by atoms with Crippen LogP contribution < -0.4 is 10.5 Å². The largest absolute Gasteiger partial charge is 0.471 e. The number of nitrogens with zero attached hydrogens (tertiary/aromatic N) is 3. The molecule has 0 bridgehead atoms. The number of nitrogen functional groups attached to an aromatic ring is 1. The summed E-state index contributed by atoms with van der Waals surface area (Å²) in [6.45, 7) is 2.91. The van der Waals surface area contributed by atoms with Crippen LogP contribution in [0.25, 0.3) is 0 Å². The Balaban J connectivity index is 2.20. The van der Waals surface area contributed by atoms with Gasteiger partial charge in [0.15, 0.2) is 5.56 Å². The molecule has 20 heavy (non-hydrogen) atoms. The number of aromatic nitrogens is 2. The van der Waals surface area contributed by atoms with E-state index in [9.17, 15) is 0 Å². The Morgan fingerprint density at radius 1 is 1.45 bits per heavy atom. The minimum Gasteiger partial charge on any atom is -0.471 e. The Labute approximate surface area is 122 Å². The first-order valence-electron chi connectivity index (χ1n) is 6.30. The molecule has 1 heterocycles. The fourth-order valence-electron chi connectivity index (χ4n) is 1.80. The summed E-state index contributed by atoms with van der Waals surface area (Å²) in [6.07, 6.45) is 0.876. The Morgan fingerprint density at radius 3 is 2.85 bits per heavy atom. The van der Waals surface area contributed by atoms with Gasteiger partial charge in [0.1, 0.15) is 18.5 Å². The van der Waals surface area contributed by atoms with Gasteiger partial charge in [0, 0.05) is 17.1 Å². The van der Waals surface area contributed by atoms with E-state index in [0.29, 0.717) is 17.4 Å². The summed E-state index contributed by atoms with van der Waals surface area (Å²) < 4.78 is 7.17. The molecule has 2 N–H and O–H groups in total. The van der Waals surface area contributed by atoms with Crippen molar-refractivity contribution in [1.82, 2.24) is 9.78 Å². The highest BCUT2D eigenvalue weighted by molar-refractivity contribution is 6.31. The molecular weight excluding hydrogens is 276 g/mol.